The number of anilines is 1. The van der Waals surface area contributed by atoms with Crippen molar-refractivity contribution in [1.29, 1.82) is 0 Å². The molecular formula is C27H39N3O2. The number of amides is 2. The van der Waals surface area contributed by atoms with E-state index in [9.17, 15) is 9.59 Å². The molecule has 1 N–H and O–H groups in total. The number of nitrogens with zero attached hydrogens (tertiary/aromatic N) is 2. The molecule has 0 aromatic heterocycles. The zero-order valence-corrected chi connectivity index (χ0v) is 19.5. The summed E-state index contributed by atoms with van der Waals surface area (Å²) < 4.78 is 0. The summed E-state index contributed by atoms with van der Waals surface area (Å²) in [5, 5.41) is 2.47. The molecule has 1 spiro atoms. The molecule has 0 radical (unpaired) electrons. The van der Waals surface area contributed by atoms with Gasteiger partial charge in [-0.15, -0.1) is 0 Å². The second-order valence-electron chi connectivity index (χ2n) is 10.9. The Bertz CT molecular complexity index is 797. The molecule has 1 aromatic rings. The van der Waals surface area contributed by atoms with E-state index in [2.05, 4.69) is 39.4 Å². The lowest BCUT2D eigenvalue weighted by Gasteiger charge is -2.48. The molecule has 5 nitrogen and oxygen atoms in total. The Hall–Kier alpha value is -1.88. The van der Waals surface area contributed by atoms with Crippen LogP contribution in [-0.4, -0.2) is 49.4 Å². The zero-order chi connectivity index (χ0) is 22.0. The van der Waals surface area contributed by atoms with Gasteiger partial charge in [-0.25, -0.2) is 0 Å². The molecule has 0 bridgehead atoms. The number of nitrogens with one attached hydrogen (secondary N) is 1. The average molecular weight is 438 g/mol. The van der Waals surface area contributed by atoms with Crippen LogP contribution in [0.4, 0.5) is 5.69 Å². The second-order valence-corrected chi connectivity index (χ2v) is 10.9. The predicted molar refractivity (Wildman–Crippen MR) is 128 cm³/mol. The number of rotatable bonds is 4. The Morgan fingerprint density at radius 1 is 0.844 bits per heavy atom. The lowest BCUT2D eigenvalue weighted by atomic mass is 9.71. The van der Waals surface area contributed by atoms with Crippen molar-refractivity contribution in [3.05, 3.63) is 29.8 Å². The Balaban J connectivity index is 1.11. The largest absolute Gasteiger partial charge is 0.371 e. The number of hydrogen-bond donors (Lipinski definition) is 1. The first-order valence-electron chi connectivity index (χ1n) is 13.0. The van der Waals surface area contributed by atoms with Crippen LogP contribution >= 0.6 is 0 Å². The summed E-state index contributed by atoms with van der Waals surface area (Å²) in [5.41, 5.74) is 2.86. The van der Waals surface area contributed by atoms with E-state index in [0.29, 0.717) is 18.3 Å². The highest BCUT2D eigenvalue weighted by molar-refractivity contribution is 6.00. The van der Waals surface area contributed by atoms with Crippen molar-refractivity contribution in [2.75, 3.05) is 37.6 Å². The molecule has 32 heavy (non-hydrogen) atoms. The summed E-state index contributed by atoms with van der Waals surface area (Å²) in [6.07, 6.45) is 13.7. The van der Waals surface area contributed by atoms with Crippen molar-refractivity contribution >= 4 is 17.5 Å². The minimum absolute atomic E-state index is 0.148. The molecule has 1 saturated carbocycles. The van der Waals surface area contributed by atoms with E-state index in [0.717, 1.165) is 24.6 Å². The average Bonchev–Trinajstić information content (AvgIpc) is 2.82. The van der Waals surface area contributed by atoms with Crippen molar-refractivity contribution in [1.82, 2.24) is 10.2 Å². The van der Waals surface area contributed by atoms with Crippen molar-refractivity contribution < 1.29 is 9.59 Å². The Kier molecular flexibility index (Phi) is 6.54. The highest BCUT2D eigenvalue weighted by Crippen LogP contribution is 2.42. The lowest BCUT2D eigenvalue weighted by Crippen LogP contribution is -2.47. The Labute approximate surface area is 192 Å². The molecular weight excluding hydrogens is 398 g/mol. The van der Waals surface area contributed by atoms with Gasteiger partial charge in [-0.2, -0.15) is 0 Å². The number of imide groups is 1. The van der Waals surface area contributed by atoms with E-state index in [1.54, 1.807) is 0 Å². The normalized spacial score (nSPS) is 27.5. The monoisotopic (exact) mass is 437 g/mol. The number of piperidine rings is 3. The molecule has 3 saturated heterocycles. The predicted octanol–water partition coefficient (Wildman–Crippen LogP) is 4.47. The molecule has 1 unspecified atom stereocenters. The van der Waals surface area contributed by atoms with Gasteiger partial charge in [-0.05, 0) is 87.1 Å². The number of benzene rings is 1. The third kappa shape index (κ3) is 4.88. The summed E-state index contributed by atoms with van der Waals surface area (Å²) in [5.74, 6) is 0.474. The van der Waals surface area contributed by atoms with Crippen LogP contribution in [0.3, 0.4) is 0 Å². The van der Waals surface area contributed by atoms with Crippen molar-refractivity contribution in [3.8, 4) is 0 Å². The first-order chi connectivity index (χ1) is 15.6. The lowest BCUT2D eigenvalue weighted by molar-refractivity contribution is -0.134. The van der Waals surface area contributed by atoms with E-state index < -0.39 is 0 Å². The molecule has 174 valence electrons. The molecule has 3 heterocycles. The van der Waals surface area contributed by atoms with Gasteiger partial charge in [0, 0.05) is 31.7 Å². The van der Waals surface area contributed by atoms with Gasteiger partial charge in [-0.1, -0.05) is 31.4 Å². The van der Waals surface area contributed by atoms with Gasteiger partial charge in [-0.3, -0.25) is 14.9 Å². The van der Waals surface area contributed by atoms with Crippen LogP contribution in [-0.2, 0) is 9.59 Å². The molecule has 5 rings (SSSR count). The Morgan fingerprint density at radius 2 is 1.50 bits per heavy atom. The maximum absolute atomic E-state index is 12.2. The molecule has 4 fully saturated rings. The SMILES string of the molecule is O=C1CCC(c2ccc(N3CCC4(CCN(CC5CCCCC5)CC4)CC3)cc2)C(=O)N1. The Morgan fingerprint density at radius 3 is 2.16 bits per heavy atom. The summed E-state index contributed by atoms with van der Waals surface area (Å²) in [7, 11) is 0. The maximum Gasteiger partial charge on any atom is 0.234 e. The van der Waals surface area contributed by atoms with Gasteiger partial charge in [0.2, 0.25) is 11.8 Å². The van der Waals surface area contributed by atoms with Crippen LogP contribution in [0.25, 0.3) is 0 Å². The fourth-order valence-electron chi connectivity index (χ4n) is 6.61. The summed E-state index contributed by atoms with van der Waals surface area (Å²) >= 11 is 0. The van der Waals surface area contributed by atoms with Gasteiger partial charge in [0.05, 0.1) is 5.92 Å². The highest BCUT2D eigenvalue weighted by Gasteiger charge is 2.38. The van der Waals surface area contributed by atoms with E-state index in [-0.39, 0.29) is 17.7 Å². The number of likely N-dealkylation sites (tertiary alicyclic amines) is 1. The van der Waals surface area contributed by atoms with Gasteiger partial charge < -0.3 is 9.80 Å². The summed E-state index contributed by atoms with van der Waals surface area (Å²) in [6.45, 7) is 6.23. The zero-order valence-electron chi connectivity index (χ0n) is 19.5. The molecule has 1 aromatic carbocycles. The second kappa shape index (κ2) is 9.54. The highest BCUT2D eigenvalue weighted by atomic mass is 16.2. The van der Waals surface area contributed by atoms with Gasteiger partial charge in [0.25, 0.3) is 0 Å². The topological polar surface area (TPSA) is 52.7 Å². The van der Waals surface area contributed by atoms with E-state index in [1.165, 1.54) is 83.1 Å². The fraction of sp³-hybridized carbons (Fsp3) is 0.704. The van der Waals surface area contributed by atoms with Crippen LogP contribution in [0.1, 0.15) is 82.1 Å². The molecule has 2 amide bonds. The smallest absolute Gasteiger partial charge is 0.234 e. The van der Waals surface area contributed by atoms with Crippen LogP contribution in [0.2, 0.25) is 0 Å². The van der Waals surface area contributed by atoms with Crippen molar-refractivity contribution in [2.45, 2.75) is 76.5 Å². The fourth-order valence-corrected chi connectivity index (χ4v) is 6.61. The molecule has 1 aliphatic carbocycles. The molecule has 4 aliphatic rings. The number of carbonyl (C=O) groups excluding carboxylic acids is 2. The quantitative estimate of drug-likeness (QED) is 0.706. The summed E-state index contributed by atoms with van der Waals surface area (Å²) in [4.78, 5) is 28.8. The minimum Gasteiger partial charge on any atom is -0.371 e. The van der Waals surface area contributed by atoms with Crippen LogP contribution in [0.15, 0.2) is 24.3 Å². The molecule has 1 atom stereocenters. The minimum atomic E-state index is -0.190. The van der Waals surface area contributed by atoms with Crippen molar-refractivity contribution in [2.24, 2.45) is 11.3 Å². The first-order valence-corrected chi connectivity index (χ1v) is 13.0. The third-order valence-electron chi connectivity index (χ3n) is 8.88. The van der Waals surface area contributed by atoms with Gasteiger partial charge >= 0.3 is 0 Å². The first kappa shape index (κ1) is 21.9. The summed E-state index contributed by atoms with van der Waals surface area (Å²) in [6, 6.07) is 8.51. The van der Waals surface area contributed by atoms with Crippen LogP contribution < -0.4 is 10.2 Å². The van der Waals surface area contributed by atoms with E-state index >= 15 is 0 Å². The van der Waals surface area contributed by atoms with Crippen molar-refractivity contribution in [3.63, 3.8) is 0 Å². The maximum atomic E-state index is 12.2. The standard InChI is InChI=1S/C27H39N3O2/c31-25-11-10-24(26(32)28-25)22-6-8-23(9-7-22)30-18-14-27(15-19-30)12-16-29(17-13-27)20-21-4-2-1-3-5-21/h6-9,21,24H,1-5,10-20H2,(H,28,31,32). The van der Waals surface area contributed by atoms with E-state index in [1.807, 2.05) is 0 Å². The molecule has 3 aliphatic heterocycles. The van der Waals surface area contributed by atoms with Crippen LogP contribution in [0.5, 0.6) is 0 Å². The van der Waals surface area contributed by atoms with Gasteiger partial charge in [0.1, 0.15) is 0 Å². The number of carbonyl (C=O) groups is 2. The molecule has 5 heteroatoms. The van der Waals surface area contributed by atoms with E-state index in [4.69, 9.17) is 0 Å². The number of hydrogen-bond acceptors (Lipinski definition) is 4. The third-order valence-corrected chi connectivity index (χ3v) is 8.88. The van der Waals surface area contributed by atoms with Crippen LogP contribution in [0, 0.1) is 11.3 Å². The van der Waals surface area contributed by atoms with Gasteiger partial charge in [0.15, 0.2) is 0 Å².